The van der Waals surface area contributed by atoms with Crippen molar-refractivity contribution < 1.29 is 8.81 Å². The van der Waals surface area contributed by atoms with Gasteiger partial charge < -0.3 is 4.42 Å². The van der Waals surface area contributed by atoms with Gasteiger partial charge in [-0.2, -0.15) is 5.10 Å². The first-order valence-electron chi connectivity index (χ1n) is 8.34. The number of nitrogens with one attached hydrogen (secondary N) is 1. The lowest BCUT2D eigenvalue weighted by Gasteiger charge is -2.32. The predicted molar refractivity (Wildman–Crippen MR) is 89.9 cm³/mol. The molecule has 1 atom stereocenters. The second-order valence-corrected chi connectivity index (χ2v) is 6.33. The molecule has 0 unspecified atom stereocenters. The van der Waals surface area contributed by atoms with E-state index in [1.165, 1.54) is 6.07 Å². The Hall–Kier alpha value is -2.40. The largest absolute Gasteiger partial charge is 0.468 e. The highest BCUT2D eigenvalue weighted by atomic mass is 19.1. The summed E-state index contributed by atoms with van der Waals surface area (Å²) in [7, 11) is 0. The highest BCUT2D eigenvalue weighted by molar-refractivity contribution is 5.66. The zero-order chi connectivity index (χ0) is 16.4. The molecule has 1 aliphatic heterocycles. The molecule has 5 heteroatoms. The van der Waals surface area contributed by atoms with E-state index in [1.54, 1.807) is 18.5 Å². The topological polar surface area (TPSA) is 45.1 Å². The van der Waals surface area contributed by atoms with Crippen molar-refractivity contribution in [1.82, 2.24) is 15.1 Å². The van der Waals surface area contributed by atoms with Crippen molar-refractivity contribution in [2.24, 2.45) is 0 Å². The quantitative estimate of drug-likeness (QED) is 0.782. The molecular formula is C19H20FN3O. The zero-order valence-electron chi connectivity index (χ0n) is 13.4. The fraction of sp³-hybridized carbons (Fsp3) is 0.316. The lowest BCUT2D eigenvalue weighted by molar-refractivity contribution is 0.185. The first-order chi connectivity index (χ1) is 11.8. The number of benzene rings is 1. The van der Waals surface area contributed by atoms with Crippen molar-refractivity contribution in [3.63, 3.8) is 0 Å². The number of aromatic amines is 1. The Kier molecular flexibility index (Phi) is 4.17. The van der Waals surface area contributed by atoms with E-state index in [0.717, 1.165) is 49.5 Å². The number of piperidine rings is 1. The molecule has 1 fully saturated rings. The van der Waals surface area contributed by atoms with E-state index in [1.807, 2.05) is 24.3 Å². The van der Waals surface area contributed by atoms with Gasteiger partial charge in [0.05, 0.1) is 19.0 Å². The van der Waals surface area contributed by atoms with Crippen LogP contribution in [0.4, 0.5) is 4.39 Å². The summed E-state index contributed by atoms with van der Waals surface area (Å²) in [5.41, 5.74) is 2.52. The summed E-state index contributed by atoms with van der Waals surface area (Å²) in [6.07, 6.45) is 5.64. The maximum atomic E-state index is 14.2. The summed E-state index contributed by atoms with van der Waals surface area (Å²) in [6, 6.07) is 10.8. The standard InChI is InChI=1S/C19H20FN3O/c20-18-8-2-1-7-16(18)17-11-21-22-19(17)14-5-3-9-23(12-14)13-15-6-4-10-24-15/h1-2,4,6-8,10-11,14H,3,5,9,12-13H2,(H,21,22)/t14-/m0/s1. The average Bonchev–Trinajstić information content (AvgIpc) is 3.27. The third-order valence-corrected chi connectivity index (χ3v) is 4.71. The van der Waals surface area contributed by atoms with Gasteiger partial charge in [-0.25, -0.2) is 4.39 Å². The van der Waals surface area contributed by atoms with Crippen LogP contribution in [-0.2, 0) is 6.54 Å². The van der Waals surface area contributed by atoms with Crippen molar-refractivity contribution in [3.8, 4) is 11.1 Å². The molecule has 4 nitrogen and oxygen atoms in total. The van der Waals surface area contributed by atoms with Crippen LogP contribution in [-0.4, -0.2) is 28.2 Å². The first-order valence-corrected chi connectivity index (χ1v) is 8.34. The van der Waals surface area contributed by atoms with Crippen molar-refractivity contribution in [1.29, 1.82) is 0 Å². The minimum Gasteiger partial charge on any atom is -0.468 e. The maximum Gasteiger partial charge on any atom is 0.131 e. The fourth-order valence-corrected chi connectivity index (χ4v) is 3.56. The maximum absolute atomic E-state index is 14.2. The Morgan fingerprint density at radius 1 is 1.21 bits per heavy atom. The van der Waals surface area contributed by atoms with Gasteiger partial charge in [-0.3, -0.25) is 10.00 Å². The minimum atomic E-state index is -0.205. The Morgan fingerprint density at radius 2 is 2.12 bits per heavy atom. The number of hydrogen-bond acceptors (Lipinski definition) is 3. The smallest absolute Gasteiger partial charge is 0.131 e. The van der Waals surface area contributed by atoms with Gasteiger partial charge in [0, 0.05) is 29.3 Å². The van der Waals surface area contributed by atoms with Gasteiger partial charge >= 0.3 is 0 Å². The summed E-state index contributed by atoms with van der Waals surface area (Å²) >= 11 is 0. The van der Waals surface area contributed by atoms with Gasteiger partial charge in [0.1, 0.15) is 11.6 Å². The number of aromatic nitrogens is 2. The van der Waals surface area contributed by atoms with Crippen molar-refractivity contribution in [2.45, 2.75) is 25.3 Å². The predicted octanol–water partition coefficient (Wildman–Crippen LogP) is 4.19. The molecule has 24 heavy (non-hydrogen) atoms. The number of likely N-dealkylation sites (tertiary alicyclic amines) is 1. The first kappa shape index (κ1) is 15.1. The van der Waals surface area contributed by atoms with E-state index >= 15 is 0 Å². The highest BCUT2D eigenvalue weighted by Gasteiger charge is 2.26. The summed E-state index contributed by atoms with van der Waals surface area (Å²) in [5, 5.41) is 7.30. The molecule has 3 heterocycles. The van der Waals surface area contributed by atoms with E-state index in [4.69, 9.17) is 4.42 Å². The molecule has 0 bridgehead atoms. The van der Waals surface area contributed by atoms with Crippen LogP contribution in [0.3, 0.4) is 0 Å². The third-order valence-electron chi connectivity index (χ3n) is 4.71. The molecule has 1 aromatic carbocycles. The van der Waals surface area contributed by atoms with E-state index in [2.05, 4.69) is 15.1 Å². The van der Waals surface area contributed by atoms with E-state index < -0.39 is 0 Å². The lowest BCUT2D eigenvalue weighted by atomic mass is 9.90. The number of rotatable bonds is 4. The van der Waals surface area contributed by atoms with Crippen LogP contribution >= 0.6 is 0 Å². The Bertz CT molecular complexity index is 797. The molecule has 0 saturated carbocycles. The molecule has 124 valence electrons. The van der Waals surface area contributed by atoms with Gasteiger partial charge in [-0.05, 0) is 37.6 Å². The molecular weight excluding hydrogens is 305 g/mol. The van der Waals surface area contributed by atoms with Crippen LogP contribution in [0.15, 0.2) is 53.3 Å². The van der Waals surface area contributed by atoms with Crippen LogP contribution in [0, 0.1) is 5.82 Å². The summed E-state index contributed by atoms with van der Waals surface area (Å²) < 4.78 is 19.6. The van der Waals surface area contributed by atoms with Gasteiger partial charge in [0.25, 0.3) is 0 Å². The van der Waals surface area contributed by atoms with Crippen LogP contribution in [0.25, 0.3) is 11.1 Å². The Morgan fingerprint density at radius 3 is 2.96 bits per heavy atom. The molecule has 0 spiro atoms. The number of nitrogens with zero attached hydrogens (tertiary/aromatic N) is 2. The lowest BCUT2D eigenvalue weighted by Crippen LogP contribution is -2.34. The molecule has 1 N–H and O–H groups in total. The average molecular weight is 325 g/mol. The second-order valence-electron chi connectivity index (χ2n) is 6.33. The van der Waals surface area contributed by atoms with Crippen LogP contribution in [0.1, 0.15) is 30.2 Å². The number of hydrogen-bond donors (Lipinski definition) is 1. The Labute approximate surface area is 140 Å². The zero-order valence-corrected chi connectivity index (χ0v) is 13.4. The minimum absolute atomic E-state index is 0.205. The third kappa shape index (κ3) is 2.99. The van der Waals surface area contributed by atoms with E-state index in [9.17, 15) is 4.39 Å². The normalized spacial score (nSPS) is 18.8. The van der Waals surface area contributed by atoms with Gasteiger partial charge in [0.2, 0.25) is 0 Å². The molecule has 0 aliphatic carbocycles. The Balaban J connectivity index is 1.56. The van der Waals surface area contributed by atoms with E-state index in [-0.39, 0.29) is 5.82 Å². The molecule has 1 saturated heterocycles. The molecule has 1 aliphatic rings. The summed E-state index contributed by atoms with van der Waals surface area (Å²) in [5.74, 6) is 1.10. The number of furan rings is 1. The number of H-pyrrole nitrogens is 1. The van der Waals surface area contributed by atoms with Gasteiger partial charge in [0.15, 0.2) is 0 Å². The summed E-state index contributed by atoms with van der Waals surface area (Å²) in [4.78, 5) is 2.39. The number of halogens is 1. The molecule has 0 radical (unpaired) electrons. The summed E-state index contributed by atoms with van der Waals surface area (Å²) in [6.45, 7) is 2.79. The van der Waals surface area contributed by atoms with E-state index in [0.29, 0.717) is 11.5 Å². The molecule has 0 amide bonds. The second kappa shape index (κ2) is 6.61. The SMILES string of the molecule is Fc1ccccc1-c1cn[nH]c1[C@H]1CCCN(Cc2ccco2)C1. The molecule has 3 aromatic rings. The molecule has 4 rings (SSSR count). The van der Waals surface area contributed by atoms with Crippen molar-refractivity contribution >= 4 is 0 Å². The van der Waals surface area contributed by atoms with Gasteiger partial charge in [-0.1, -0.05) is 18.2 Å². The monoisotopic (exact) mass is 325 g/mol. The van der Waals surface area contributed by atoms with Crippen LogP contribution in [0.5, 0.6) is 0 Å². The van der Waals surface area contributed by atoms with Crippen LogP contribution < -0.4 is 0 Å². The highest BCUT2D eigenvalue weighted by Crippen LogP contribution is 2.34. The van der Waals surface area contributed by atoms with Crippen molar-refractivity contribution in [3.05, 3.63) is 66.1 Å². The van der Waals surface area contributed by atoms with Crippen LogP contribution in [0.2, 0.25) is 0 Å². The molecule has 2 aromatic heterocycles. The fourth-order valence-electron chi connectivity index (χ4n) is 3.56. The van der Waals surface area contributed by atoms with Gasteiger partial charge in [-0.15, -0.1) is 0 Å². The van der Waals surface area contributed by atoms with Crippen molar-refractivity contribution in [2.75, 3.05) is 13.1 Å².